The Morgan fingerprint density at radius 2 is 2.00 bits per heavy atom. The van der Waals surface area contributed by atoms with Crippen LogP contribution in [0.15, 0.2) is 47.4 Å². The Morgan fingerprint density at radius 3 is 2.69 bits per heavy atom. The summed E-state index contributed by atoms with van der Waals surface area (Å²) in [5, 5.41) is 13.1. The number of thiazole rings is 1. The number of halogens is 3. The van der Waals surface area contributed by atoms with Crippen molar-refractivity contribution in [1.29, 1.82) is 0 Å². The molecular weight excluding hydrogens is 457 g/mol. The van der Waals surface area contributed by atoms with Crippen LogP contribution in [0.2, 0.25) is 0 Å². The molecule has 0 radical (unpaired) electrons. The molecule has 2 aromatic carbocycles. The van der Waals surface area contributed by atoms with Gasteiger partial charge in [0, 0.05) is 27.1 Å². The molecule has 0 fully saturated rings. The van der Waals surface area contributed by atoms with Crippen LogP contribution in [0.5, 0.6) is 0 Å². The summed E-state index contributed by atoms with van der Waals surface area (Å²) in [5.74, 6) is -0.113. The normalized spacial score (nSPS) is 16.1. The highest BCUT2D eigenvalue weighted by atomic mass is 32.2. The van der Waals surface area contributed by atoms with Crippen LogP contribution in [0.4, 0.5) is 13.2 Å². The maximum atomic E-state index is 12.8. The average Bonchev–Trinajstić information content (AvgIpc) is 3.12. The molecule has 1 aliphatic rings. The van der Waals surface area contributed by atoms with Gasteiger partial charge < -0.3 is 10.4 Å². The molecule has 2 heterocycles. The van der Waals surface area contributed by atoms with Crippen LogP contribution in [-0.4, -0.2) is 22.6 Å². The molecular formula is C23H21F3N2O2S2. The highest BCUT2D eigenvalue weighted by Crippen LogP contribution is 2.36. The van der Waals surface area contributed by atoms with Crippen LogP contribution in [0.1, 0.15) is 39.7 Å². The Morgan fingerprint density at radius 1 is 1.25 bits per heavy atom. The molecule has 0 spiro atoms. The number of nitrogens with zero attached hydrogens (tertiary/aromatic N) is 1. The lowest BCUT2D eigenvalue weighted by Gasteiger charge is -2.26. The van der Waals surface area contributed by atoms with E-state index in [0.29, 0.717) is 16.3 Å². The first-order valence-electron chi connectivity index (χ1n) is 10.1. The molecule has 2 N–H and O–H groups in total. The molecule has 9 heteroatoms. The molecule has 1 unspecified atom stereocenters. The van der Waals surface area contributed by atoms with E-state index in [0.717, 1.165) is 46.1 Å². The third-order valence-corrected chi connectivity index (χ3v) is 7.78. The van der Waals surface area contributed by atoms with E-state index in [4.69, 9.17) is 5.11 Å². The van der Waals surface area contributed by atoms with Crippen LogP contribution in [-0.2, 0) is 23.1 Å². The molecule has 1 aliphatic heterocycles. The zero-order valence-corrected chi connectivity index (χ0v) is 18.8. The molecule has 0 saturated heterocycles. The summed E-state index contributed by atoms with van der Waals surface area (Å²) >= 11 is 3.17. The topological polar surface area (TPSA) is 62.2 Å². The van der Waals surface area contributed by atoms with Crippen molar-refractivity contribution in [3.8, 4) is 10.6 Å². The van der Waals surface area contributed by atoms with Gasteiger partial charge in [-0.1, -0.05) is 18.2 Å². The molecule has 0 amide bonds. The van der Waals surface area contributed by atoms with Crippen LogP contribution in [0.25, 0.3) is 10.6 Å². The number of benzene rings is 2. The molecule has 1 atom stereocenters. The third kappa shape index (κ3) is 5.16. The third-order valence-electron chi connectivity index (χ3n) is 5.38. The molecule has 32 heavy (non-hydrogen) atoms. The van der Waals surface area contributed by atoms with Crippen molar-refractivity contribution in [2.24, 2.45) is 0 Å². The number of carbonyl (C=O) groups is 1. The van der Waals surface area contributed by atoms with E-state index in [2.05, 4.69) is 16.4 Å². The van der Waals surface area contributed by atoms with E-state index in [1.807, 2.05) is 19.1 Å². The summed E-state index contributed by atoms with van der Waals surface area (Å²) in [5.41, 5.74) is 3.10. The van der Waals surface area contributed by atoms with E-state index >= 15 is 0 Å². The molecule has 0 bridgehead atoms. The van der Waals surface area contributed by atoms with Crippen LogP contribution >= 0.6 is 23.1 Å². The summed E-state index contributed by atoms with van der Waals surface area (Å²) in [6, 6.07) is 11.1. The number of alkyl halides is 3. The number of aromatic nitrogens is 1. The largest absolute Gasteiger partial charge is 0.481 e. The number of aliphatic carboxylic acids is 1. The number of hydrogen-bond donors (Lipinski definition) is 2. The van der Waals surface area contributed by atoms with Gasteiger partial charge in [-0.25, -0.2) is 4.98 Å². The summed E-state index contributed by atoms with van der Waals surface area (Å²) in [7, 11) is 0. The molecule has 168 valence electrons. The minimum Gasteiger partial charge on any atom is -0.481 e. The van der Waals surface area contributed by atoms with Gasteiger partial charge in [0.25, 0.3) is 0 Å². The smallest absolute Gasteiger partial charge is 0.416 e. The highest BCUT2D eigenvalue weighted by molar-refractivity contribution is 7.98. The van der Waals surface area contributed by atoms with Gasteiger partial charge in [0.05, 0.1) is 17.7 Å². The molecule has 1 aromatic heterocycles. The fourth-order valence-electron chi connectivity index (χ4n) is 3.71. The van der Waals surface area contributed by atoms with Crippen molar-refractivity contribution in [3.63, 3.8) is 0 Å². The fraction of sp³-hybridized carbons (Fsp3) is 0.304. The summed E-state index contributed by atoms with van der Waals surface area (Å²) in [6.45, 7) is 2.67. The summed E-state index contributed by atoms with van der Waals surface area (Å²) < 4.78 is 38.4. The van der Waals surface area contributed by atoms with Gasteiger partial charge in [-0.05, 0) is 55.3 Å². The molecule has 0 saturated carbocycles. The molecule has 4 rings (SSSR count). The Hall–Kier alpha value is -2.36. The lowest BCUT2D eigenvalue weighted by Crippen LogP contribution is -2.31. The van der Waals surface area contributed by atoms with Gasteiger partial charge in [-0.3, -0.25) is 4.79 Å². The second-order valence-electron chi connectivity index (χ2n) is 7.61. The first kappa shape index (κ1) is 22.8. The monoisotopic (exact) mass is 478 g/mol. The van der Waals surface area contributed by atoms with Crippen molar-refractivity contribution in [2.45, 2.75) is 42.6 Å². The maximum absolute atomic E-state index is 12.8. The number of nitrogens with one attached hydrogen (secondary N) is 1. The van der Waals surface area contributed by atoms with E-state index in [9.17, 15) is 18.0 Å². The molecule has 0 aliphatic carbocycles. The van der Waals surface area contributed by atoms with Crippen molar-refractivity contribution >= 4 is 29.1 Å². The van der Waals surface area contributed by atoms with Crippen molar-refractivity contribution < 1.29 is 23.1 Å². The predicted molar refractivity (Wildman–Crippen MR) is 120 cm³/mol. The first-order chi connectivity index (χ1) is 15.2. The fourth-order valence-corrected chi connectivity index (χ4v) is 5.88. The average molecular weight is 479 g/mol. The number of fused-ring (bicyclic) bond motifs is 1. The first-order valence-corrected chi connectivity index (χ1v) is 11.9. The number of aryl methyl sites for hydroxylation is 1. The zero-order valence-electron chi connectivity index (χ0n) is 17.2. The van der Waals surface area contributed by atoms with Crippen molar-refractivity contribution in [1.82, 2.24) is 10.3 Å². The number of thioether (sulfide) groups is 1. The number of hydrogen-bond acceptors (Lipinski definition) is 5. The lowest BCUT2D eigenvalue weighted by atomic mass is 9.92. The molecule has 4 nitrogen and oxygen atoms in total. The van der Waals surface area contributed by atoms with Crippen LogP contribution < -0.4 is 5.32 Å². The Balaban J connectivity index is 1.46. The van der Waals surface area contributed by atoms with Crippen molar-refractivity contribution in [2.75, 3.05) is 6.54 Å². The van der Waals surface area contributed by atoms with Gasteiger partial charge in [-0.15, -0.1) is 23.1 Å². The zero-order chi connectivity index (χ0) is 22.9. The quantitative estimate of drug-likeness (QED) is 0.420. The summed E-state index contributed by atoms with van der Waals surface area (Å²) in [6.07, 6.45) is -3.43. The van der Waals surface area contributed by atoms with Gasteiger partial charge in [-0.2, -0.15) is 13.2 Å². The second kappa shape index (κ2) is 9.25. The Kier molecular flexibility index (Phi) is 6.60. The SMILES string of the molecule is Cc1nc(-c2ccc(C(F)(F)F)cc2)sc1CSc1ccc2c(c1)CCNC2CC(=O)O. The van der Waals surface area contributed by atoms with Crippen molar-refractivity contribution in [3.05, 3.63) is 69.7 Å². The predicted octanol–water partition coefficient (Wildman–Crippen LogP) is 6.09. The van der Waals surface area contributed by atoms with Gasteiger partial charge in [0.2, 0.25) is 0 Å². The summed E-state index contributed by atoms with van der Waals surface area (Å²) in [4.78, 5) is 17.8. The maximum Gasteiger partial charge on any atom is 0.416 e. The minimum atomic E-state index is -4.35. The van der Waals surface area contributed by atoms with Crippen LogP contribution in [0, 0.1) is 6.92 Å². The number of carboxylic acids is 1. The van der Waals surface area contributed by atoms with E-state index < -0.39 is 17.7 Å². The van der Waals surface area contributed by atoms with Gasteiger partial charge in [0.1, 0.15) is 5.01 Å². The van der Waals surface area contributed by atoms with Gasteiger partial charge in [0.15, 0.2) is 0 Å². The molecule has 3 aromatic rings. The Bertz CT molecular complexity index is 1130. The van der Waals surface area contributed by atoms with Crippen LogP contribution in [0.3, 0.4) is 0 Å². The lowest BCUT2D eigenvalue weighted by molar-refractivity contribution is -0.138. The minimum absolute atomic E-state index is 0.0618. The van der Waals surface area contributed by atoms with E-state index in [1.165, 1.54) is 29.0 Å². The number of carboxylic acid groups (broad SMARTS) is 1. The number of rotatable bonds is 6. The van der Waals surface area contributed by atoms with E-state index in [1.54, 1.807) is 11.8 Å². The standard InChI is InChI=1S/C23H21F3N2O2S2/c1-13-20(32-22(28-13)14-2-4-16(5-3-14)23(24,25)26)12-31-17-6-7-18-15(10-17)8-9-27-19(18)11-21(29)30/h2-7,10,19,27H,8-9,11-12H2,1H3,(H,29,30). The Labute approximate surface area is 191 Å². The van der Waals surface area contributed by atoms with E-state index in [-0.39, 0.29) is 12.5 Å². The second-order valence-corrected chi connectivity index (χ2v) is 9.74. The van der Waals surface area contributed by atoms with Gasteiger partial charge >= 0.3 is 12.1 Å². The highest BCUT2D eigenvalue weighted by Gasteiger charge is 2.30.